The molecule has 8 heavy (non-hydrogen) atoms. The van der Waals surface area contributed by atoms with Gasteiger partial charge < -0.3 is 10.6 Å². The molecule has 1 aliphatic heterocycles. The van der Waals surface area contributed by atoms with E-state index in [9.17, 15) is 0 Å². The third-order valence-electron chi connectivity index (χ3n) is 1.51. The van der Waals surface area contributed by atoms with Gasteiger partial charge in [-0.05, 0) is 12.6 Å². The van der Waals surface area contributed by atoms with Crippen molar-refractivity contribution in [3.8, 4) is 0 Å². The molecule has 46 valence electrons. The number of likely N-dealkylation sites (tertiary alicyclic amines) is 1. The summed E-state index contributed by atoms with van der Waals surface area (Å²) in [6, 6.07) is 0.222. The van der Waals surface area contributed by atoms with Crippen LogP contribution in [0, 0.1) is 0 Å². The molecule has 0 aromatic carbocycles. The second-order valence-electron chi connectivity index (χ2n) is 2.46. The first-order valence-corrected chi connectivity index (χ1v) is 2.82. The molecule has 1 atom stereocenters. The molecule has 2 heteroatoms. The van der Waals surface area contributed by atoms with E-state index in [4.69, 9.17) is 5.73 Å². The lowest BCUT2D eigenvalue weighted by Crippen LogP contribution is -2.24. The van der Waals surface area contributed by atoms with E-state index >= 15 is 0 Å². The lowest BCUT2D eigenvalue weighted by molar-refractivity contribution is 0.415. The number of likely N-dealkylation sites (N-methyl/N-ethyl adjacent to an activating group) is 1. The third-order valence-corrected chi connectivity index (χ3v) is 1.51. The fourth-order valence-electron chi connectivity index (χ4n) is 0.993. The van der Waals surface area contributed by atoms with Crippen LogP contribution in [-0.4, -0.2) is 31.1 Å². The molecule has 1 rings (SSSR count). The minimum absolute atomic E-state index is 0.222. The number of hydrogen-bond donors (Lipinski definition) is 1. The second-order valence-corrected chi connectivity index (χ2v) is 2.46. The van der Waals surface area contributed by atoms with E-state index < -0.39 is 0 Å². The van der Waals surface area contributed by atoms with Crippen LogP contribution in [0.25, 0.3) is 0 Å². The molecule has 0 radical (unpaired) electrons. The largest absolute Gasteiger partial charge is 0.323 e. The van der Waals surface area contributed by atoms with Crippen molar-refractivity contribution in [2.75, 3.05) is 20.1 Å². The zero-order chi connectivity index (χ0) is 6.15. The number of nitrogens with two attached hydrogens (primary N) is 1. The lowest BCUT2D eigenvalue weighted by atomic mass is 10.2. The Kier molecular flexibility index (Phi) is 1.36. The number of nitrogens with zero attached hydrogens (tertiary/aromatic N) is 1. The Morgan fingerprint density at radius 1 is 1.88 bits per heavy atom. The predicted molar refractivity (Wildman–Crippen MR) is 34.6 cm³/mol. The minimum Gasteiger partial charge on any atom is -0.323 e. The van der Waals surface area contributed by atoms with E-state index in [1.807, 2.05) is 0 Å². The average Bonchev–Trinajstić information content (AvgIpc) is 1.85. The van der Waals surface area contributed by atoms with E-state index in [2.05, 4.69) is 18.5 Å². The number of rotatable bonds is 0. The van der Waals surface area contributed by atoms with Gasteiger partial charge in [0.05, 0.1) is 0 Å². The van der Waals surface area contributed by atoms with Crippen molar-refractivity contribution in [1.29, 1.82) is 0 Å². The van der Waals surface area contributed by atoms with Gasteiger partial charge in [-0.25, -0.2) is 0 Å². The van der Waals surface area contributed by atoms with Gasteiger partial charge in [-0.2, -0.15) is 0 Å². The predicted octanol–water partition coefficient (Wildman–Crippen LogP) is -0.185. The highest BCUT2D eigenvalue weighted by Gasteiger charge is 2.18. The van der Waals surface area contributed by atoms with Gasteiger partial charge in [0.25, 0.3) is 0 Å². The SMILES string of the molecule is C=C1CN(C)CC1N. The highest BCUT2D eigenvalue weighted by molar-refractivity contribution is 5.12. The van der Waals surface area contributed by atoms with Gasteiger partial charge in [0.2, 0.25) is 0 Å². The quantitative estimate of drug-likeness (QED) is 0.440. The molecule has 0 spiro atoms. The molecular formula is C6H12N2. The molecule has 1 fully saturated rings. The summed E-state index contributed by atoms with van der Waals surface area (Å²) in [5.74, 6) is 0. The van der Waals surface area contributed by atoms with Gasteiger partial charge in [0.1, 0.15) is 0 Å². The zero-order valence-corrected chi connectivity index (χ0v) is 5.22. The molecule has 0 saturated carbocycles. The van der Waals surface area contributed by atoms with E-state index in [1.165, 1.54) is 0 Å². The van der Waals surface area contributed by atoms with Crippen LogP contribution in [0.15, 0.2) is 12.2 Å². The van der Waals surface area contributed by atoms with Crippen LogP contribution in [0.5, 0.6) is 0 Å². The smallest absolute Gasteiger partial charge is 0.0393 e. The topological polar surface area (TPSA) is 29.3 Å². The van der Waals surface area contributed by atoms with Crippen LogP contribution < -0.4 is 5.73 Å². The number of hydrogen-bond acceptors (Lipinski definition) is 2. The molecule has 0 amide bonds. The molecule has 0 bridgehead atoms. The van der Waals surface area contributed by atoms with Crippen molar-refractivity contribution in [3.63, 3.8) is 0 Å². The minimum atomic E-state index is 0.222. The molecule has 1 unspecified atom stereocenters. The lowest BCUT2D eigenvalue weighted by Gasteiger charge is -2.02. The van der Waals surface area contributed by atoms with Gasteiger partial charge in [0.15, 0.2) is 0 Å². The highest BCUT2D eigenvalue weighted by Crippen LogP contribution is 2.08. The summed E-state index contributed by atoms with van der Waals surface area (Å²) in [7, 11) is 2.05. The Morgan fingerprint density at radius 2 is 2.50 bits per heavy atom. The molecule has 1 heterocycles. The van der Waals surface area contributed by atoms with Gasteiger partial charge >= 0.3 is 0 Å². The molecule has 0 aromatic heterocycles. The Labute approximate surface area is 50.0 Å². The molecule has 0 aromatic rings. The first-order valence-electron chi connectivity index (χ1n) is 2.82. The summed E-state index contributed by atoms with van der Waals surface area (Å²) >= 11 is 0. The highest BCUT2D eigenvalue weighted by atomic mass is 15.1. The van der Waals surface area contributed by atoms with Gasteiger partial charge in [-0.15, -0.1) is 0 Å². The Balaban J connectivity index is 2.51. The molecule has 2 nitrogen and oxygen atoms in total. The van der Waals surface area contributed by atoms with E-state index in [-0.39, 0.29) is 6.04 Å². The maximum atomic E-state index is 5.63. The first kappa shape index (κ1) is 5.79. The van der Waals surface area contributed by atoms with Crippen LogP contribution >= 0.6 is 0 Å². The summed E-state index contributed by atoms with van der Waals surface area (Å²) in [6.45, 7) is 5.76. The van der Waals surface area contributed by atoms with Crippen molar-refractivity contribution < 1.29 is 0 Å². The molecular weight excluding hydrogens is 100 g/mol. The van der Waals surface area contributed by atoms with Gasteiger partial charge in [-0.3, -0.25) is 0 Å². The molecule has 2 N–H and O–H groups in total. The van der Waals surface area contributed by atoms with Crippen LogP contribution in [0.3, 0.4) is 0 Å². The maximum Gasteiger partial charge on any atom is 0.0393 e. The van der Waals surface area contributed by atoms with Crippen molar-refractivity contribution in [1.82, 2.24) is 4.90 Å². The Hall–Kier alpha value is -0.340. The van der Waals surface area contributed by atoms with E-state index in [1.54, 1.807) is 0 Å². The van der Waals surface area contributed by atoms with E-state index in [0.29, 0.717) is 0 Å². The summed E-state index contributed by atoms with van der Waals surface area (Å²) in [4.78, 5) is 2.17. The zero-order valence-electron chi connectivity index (χ0n) is 5.22. The monoisotopic (exact) mass is 112 g/mol. The Bertz CT molecular complexity index is 109. The van der Waals surface area contributed by atoms with E-state index in [0.717, 1.165) is 18.7 Å². The average molecular weight is 112 g/mol. The fourth-order valence-corrected chi connectivity index (χ4v) is 0.993. The van der Waals surface area contributed by atoms with Crippen LogP contribution in [0.4, 0.5) is 0 Å². The van der Waals surface area contributed by atoms with Gasteiger partial charge in [0, 0.05) is 19.1 Å². The van der Waals surface area contributed by atoms with Gasteiger partial charge in [-0.1, -0.05) is 6.58 Å². The van der Waals surface area contributed by atoms with Crippen LogP contribution in [0.2, 0.25) is 0 Å². The first-order chi connectivity index (χ1) is 3.70. The molecule has 1 aliphatic rings. The summed E-state index contributed by atoms with van der Waals surface area (Å²) in [5.41, 5.74) is 6.79. The molecule has 1 saturated heterocycles. The van der Waals surface area contributed by atoms with Crippen molar-refractivity contribution in [3.05, 3.63) is 12.2 Å². The van der Waals surface area contributed by atoms with Crippen molar-refractivity contribution >= 4 is 0 Å². The fraction of sp³-hybridized carbons (Fsp3) is 0.667. The summed E-state index contributed by atoms with van der Waals surface area (Å²) < 4.78 is 0. The summed E-state index contributed by atoms with van der Waals surface area (Å²) in [5, 5.41) is 0. The molecule has 0 aliphatic carbocycles. The normalized spacial score (nSPS) is 31.8. The maximum absolute atomic E-state index is 5.63. The second kappa shape index (κ2) is 1.88. The summed E-state index contributed by atoms with van der Waals surface area (Å²) in [6.07, 6.45) is 0. The van der Waals surface area contributed by atoms with Crippen molar-refractivity contribution in [2.45, 2.75) is 6.04 Å². The third kappa shape index (κ3) is 0.904. The Morgan fingerprint density at radius 3 is 2.62 bits per heavy atom. The van der Waals surface area contributed by atoms with Crippen LogP contribution in [0.1, 0.15) is 0 Å². The standard InChI is InChI=1S/C6H12N2/c1-5-3-8(2)4-6(5)7/h6H,1,3-4,7H2,2H3. The van der Waals surface area contributed by atoms with Crippen LogP contribution in [-0.2, 0) is 0 Å². The van der Waals surface area contributed by atoms with Crippen molar-refractivity contribution in [2.24, 2.45) is 5.73 Å².